The molecule has 1 atom stereocenters. The second kappa shape index (κ2) is 2.49. The van der Waals surface area contributed by atoms with Crippen LogP contribution in [0.5, 0.6) is 0 Å². The van der Waals surface area contributed by atoms with E-state index in [2.05, 4.69) is 21.6 Å². The molecule has 4 heteroatoms. The Morgan fingerprint density at radius 1 is 1.62 bits per heavy atom. The van der Waals surface area contributed by atoms with Gasteiger partial charge in [0.15, 0.2) is 6.33 Å². The van der Waals surface area contributed by atoms with Gasteiger partial charge in [0.25, 0.3) is 0 Å². The molecule has 3 rings (SSSR count). The van der Waals surface area contributed by atoms with E-state index in [0.29, 0.717) is 5.41 Å². The van der Waals surface area contributed by atoms with Gasteiger partial charge >= 0.3 is 0 Å². The van der Waals surface area contributed by atoms with Crippen molar-refractivity contribution < 1.29 is 4.74 Å². The topological polar surface area (TPSA) is 47.0 Å². The summed E-state index contributed by atoms with van der Waals surface area (Å²) in [6, 6.07) is 1.90. The quantitative estimate of drug-likeness (QED) is 0.651. The highest BCUT2D eigenvalue weighted by atomic mass is 16.5. The molecule has 1 aromatic rings. The molecular formula is C9H10N3O. The number of aromatic nitrogens is 2. The SMILES string of the molecule is [c]1nccc(C2OCC23CNC3)n1. The Balaban J connectivity index is 1.87. The van der Waals surface area contributed by atoms with E-state index in [0.717, 1.165) is 25.4 Å². The van der Waals surface area contributed by atoms with Gasteiger partial charge in [-0.3, -0.25) is 0 Å². The van der Waals surface area contributed by atoms with Gasteiger partial charge in [-0.25, -0.2) is 9.97 Å². The summed E-state index contributed by atoms with van der Waals surface area (Å²) in [7, 11) is 0. The molecule has 0 aliphatic carbocycles. The number of nitrogens with zero attached hydrogens (tertiary/aromatic N) is 2. The van der Waals surface area contributed by atoms with Crippen LogP contribution >= 0.6 is 0 Å². The van der Waals surface area contributed by atoms with Gasteiger partial charge in [-0.05, 0) is 6.07 Å². The number of hydrogen-bond donors (Lipinski definition) is 1. The normalized spacial score (nSPS) is 29.4. The van der Waals surface area contributed by atoms with Crippen LogP contribution in [0.25, 0.3) is 0 Å². The lowest BCUT2D eigenvalue weighted by Gasteiger charge is -2.55. The molecule has 2 saturated heterocycles. The summed E-state index contributed by atoms with van der Waals surface area (Å²) in [5.41, 5.74) is 1.28. The Hall–Kier alpha value is -1.00. The molecular weight excluding hydrogens is 166 g/mol. The molecule has 2 aliphatic heterocycles. The van der Waals surface area contributed by atoms with Crippen molar-refractivity contribution in [2.45, 2.75) is 6.10 Å². The van der Waals surface area contributed by atoms with Crippen LogP contribution in [-0.4, -0.2) is 29.7 Å². The molecule has 0 aromatic carbocycles. The van der Waals surface area contributed by atoms with Crippen molar-refractivity contribution in [3.8, 4) is 0 Å². The molecule has 2 aliphatic rings. The van der Waals surface area contributed by atoms with E-state index in [4.69, 9.17) is 4.74 Å². The molecule has 67 valence electrons. The minimum Gasteiger partial charge on any atom is -0.370 e. The first-order chi connectivity index (χ1) is 6.41. The molecule has 1 unspecified atom stereocenters. The predicted octanol–water partition coefficient (Wildman–Crippen LogP) is -0.0623. The minimum atomic E-state index is 0.160. The first-order valence-electron chi connectivity index (χ1n) is 4.42. The fourth-order valence-corrected chi connectivity index (χ4v) is 1.95. The van der Waals surface area contributed by atoms with E-state index in [-0.39, 0.29) is 6.10 Å². The maximum atomic E-state index is 5.52. The third-order valence-corrected chi connectivity index (χ3v) is 2.87. The van der Waals surface area contributed by atoms with E-state index in [9.17, 15) is 0 Å². The lowest BCUT2D eigenvalue weighted by molar-refractivity contribution is -0.214. The molecule has 3 heterocycles. The van der Waals surface area contributed by atoms with Crippen molar-refractivity contribution in [1.82, 2.24) is 15.3 Å². The highest BCUT2D eigenvalue weighted by Gasteiger charge is 2.53. The van der Waals surface area contributed by atoms with Gasteiger partial charge in [-0.1, -0.05) is 0 Å². The van der Waals surface area contributed by atoms with Crippen LogP contribution in [0.2, 0.25) is 0 Å². The van der Waals surface area contributed by atoms with Gasteiger partial charge in [0, 0.05) is 19.3 Å². The molecule has 0 saturated carbocycles. The second-order valence-corrected chi connectivity index (χ2v) is 3.74. The van der Waals surface area contributed by atoms with E-state index < -0.39 is 0 Å². The summed E-state index contributed by atoms with van der Waals surface area (Å²) >= 11 is 0. The molecule has 1 radical (unpaired) electrons. The van der Waals surface area contributed by atoms with E-state index in [1.165, 1.54) is 0 Å². The second-order valence-electron chi connectivity index (χ2n) is 3.74. The Morgan fingerprint density at radius 3 is 3.00 bits per heavy atom. The van der Waals surface area contributed by atoms with Crippen LogP contribution in [0, 0.1) is 11.7 Å². The van der Waals surface area contributed by atoms with Gasteiger partial charge in [0.2, 0.25) is 0 Å². The largest absolute Gasteiger partial charge is 0.370 e. The van der Waals surface area contributed by atoms with Gasteiger partial charge in [-0.2, -0.15) is 0 Å². The van der Waals surface area contributed by atoms with Crippen molar-refractivity contribution in [3.05, 3.63) is 24.3 Å². The fraction of sp³-hybridized carbons (Fsp3) is 0.556. The number of nitrogens with one attached hydrogen (secondary N) is 1. The molecule has 13 heavy (non-hydrogen) atoms. The Kier molecular flexibility index (Phi) is 1.42. The van der Waals surface area contributed by atoms with E-state index in [1.54, 1.807) is 6.20 Å². The van der Waals surface area contributed by atoms with Gasteiger partial charge in [0.05, 0.1) is 17.7 Å². The van der Waals surface area contributed by atoms with Crippen LogP contribution in [0.3, 0.4) is 0 Å². The zero-order valence-electron chi connectivity index (χ0n) is 7.16. The van der Waals surface area contributed by atoms with Crippen LogP contribution in [-0.2, 0) is 4.74 Å². The standard InChI is InChI=1S/C9H10N3O/c1-2-10-6-12-7(1)8-9(5-13-8)3-11-4-9/h1-2,8,11H,3-5H2. The Labute approximate surface area is 76.3 Å². The van der Waals surface area contributed by atoms with Gasteiger partial charge in [0.1, 0.15) is 6.10 Å². The fourth-order valence-electron chi connectivity index (χ4n) is 1.95. The van der Waals surface area contributed by atoms with Crippen LogP contribution in [0.15, 0.2) is 12.3 Å². The predicted molar refractivity (Wildman–Crippen MR) is 44.9 cm³/mol. The van der Waals surface area contributed by atoms with Crippen LogP contribution in [0.4, 0.5) is 0 Å². The van der Waals surface area contributed by atoms with Crippen molar-refractivity contribution in [2.24, 2.45) is 5.41 Å². The first kappa shape index (κ1) is 7.41. The van der Waals surface area contributed by atoms with Crippen molar-refractivity contribution in [2.75, 3.05) is 19.7 Å². The Bertz CT molecular complexity index is 304. The lowest BCUT2D eigenvalue weighted by atomic mass is 9.72. The molecule has 4 nitrogen and oxygen atoms in total. The lowest BCUT2D eigenvalue weighted by Crippen LogP contribution is -2.65. The minimum absolute atomic E-state index is 0.160. The zero-order valence-corrected chi connectivity index (χ0v) is 7.16. The third-order valence-electron chi connectivity index (χ3n) is 2.87. The molecule has 0 amide bonds. The average molecular weight is 176 g/mol. The number of rotatable bonds is 1. The molecule has 1 spiro atoms. The first-order valence-corrected chi connectivity index (χ1v) is 4.42. The number of hydrogen-bond acceptors (Lipinski definition) is 4. The van der Waals surface area contributed by atoms with E-state index in [1.807, 2.05) is 6.07 Å². The third kappa shape index (κ3) is 0.927. The highest BCUT2D eigenvalue weighted by molar-refractivity contribution is 5.16. The summed E-state index contributed by atoms with van der Waals surface area (Å²) in [4.78, 5) is 7.86. The van der Waals surface area contributed by atoms with Crippen LogP contribution in [0.1, 0.15) is 11.8 Å². The molecule has 2 fully saturated rings. The van der Waals surface area contributed by atoms with Crippen molar-refractivity contribution in [3.63, 3.8) is 0 Å². The summed E-state index contributed by atoms with van der Waals surface area (Å²) in [5.74, 6) is 0. The van der Waals surface area contributed by atoms with Gasteiger partial charge < -0.3 is 10.1 Å². The monoisotopic (exact) mass is 176 g/mol. The smallest absolute Gasteiger partial charge is 0.198 e. The number of ether oxygens (including phenoxy) is 1. The van der Waals surface area contributed by atoms with Crippen molar-refractivity contribution in [1.29, 1.82) is 0 Å². The molecule has 1 aromatic heterocycles. The maximum absolute atomic E-state index is 5.52. The maximum Gasteiger partial charge on any atom is 0.198 e. The highest BCUT2D eigenvalue weighted by Crippen LogP contribution is 2.48. The van der Waals surface area contributed by atoms with E-state index >= 15 is 0 Å². The van der Waals surface area contributed by atoms with Crippen LogP contribution < -0.4 is 5.32 Å². The van der Waals surface area contributed by atoms with Gasteiger partial charge in [-0.15, -0.1) is 0 Å². The average Bonchev–Trinajstić information content (AvgIpc) is 2.01. The van der Waals surface area contributed by atoms with Crippen molar-refractivity contribution >= 4 is 0 Å². The molecule has 1 N–H and O–H groups in total. The molecule has 0 bridgehead atoms. The summed E-state index contributed by atoms with van der Waals surface area (Å²) in [5, 5.41) is 3.27. The summed E-state index contributed by atoms with van der Waals surface area (Å²) < 4.78 is 5.52. The zero-order chi connectivity index (χ0) is 8.73. The Morgan fingerprint density at radius 2 is 2.54 bits per heavy atom. The summed E-state index contributed by atoms with van der Waals surface area (Å²) in [6.45, 7) is 2.94. The summed E-state index contributed by atoms with van der Waals surface area (Å²) in [6.07, 6.45) is 4.47.